The molecule has 5 heteroatoms. The van der Waals surface area contributed by atoms with E-state index in [4.69, 9.17) is 17.3 Å². The summed E-state index contributed by atoms with van der Waals surface area (Å²) in [4.78, 5) is 4.51. The van der Waals surface area contributed by atoms with Crippen molar-refractivity contribution in [1.29, 1.82) is 0 Å². The van der Waals surface area contributed by atoms with Gasteiger partial charge in [0.1, 0.15) is 5.75 Å². The number of aryl methyl sites for hydroxylation is 1. The predicted octanol–water partition coefficient (Wildman–Crippen LogP) is 3.50. The number of aromatic hydroxyl groups is 1. The van der Waals surface area contributed by atoms with Gasteiger partial charge in [0.15, 0.2) is 5.65 Å². The van der Waals surface area contributed by atoms with Crippen LogP contribution < -0.4 is 5.73 Å². The molecule has 0 saturated carbocycles. The van der Waals surface area contributed by atoms with Crippen molar-refractivity contribution in [2.45, 2.75) is 13.3 Å². The highest BCUT2D eigenvalue weighted by Crippen LogP contribution is 2.32. The number of nitrogen functional groups attached to an aromatic ring is 1. The molecule has 102 valence electrons. The van der Waals surface area contributed by atoms with E-state index >= 15 is 0 Å². The average molecular weight is 288 g/mol. The van der Waals surface area contributed by atoms with Crippen LogP contribution in [0.25, 0.3) is 16.9 Å². The van der Waals surface area contributed by atoms with Crippen molar-refractivity contribution in [2.24, 2.45) is 0 Å². The molecule has 0 unspecified atom stereocenters. The number of pyridine rings is 1. The first-order valence-corrected chi connectivity index (χ1v) is 6.73. The molecule has 3 N–H and O–H groups in total. The lowest BCUT2D eigenvalue weighted by Crippen LogP contribution is -1.96. The quantitative estimate of drug-likeness (QED) is 0.758. The minimum Gasteiger partial charge on any atom is -0.508 e. The number of phenols is 1. The van der Waals surface area contributed by atoms with Crippen LogP contribution in [-0.4, -0.2) is 14.5 Å². The number of halogens is 1. The molecular formula is C15H14ClN3O. The topological polar surface area (TPSA) is 63.5 Å². The van der Waals surface area contributed by atoms with Gasteiger partial charge in [-0.2, -0.15) is 0 Å². The van der Waals surface area contributed by atoms with Gasteiger partial charge in [-0.25, -0.2) is 4.98 Å². The molecule has 0 spiro atoms. The number of hydrogen-bond donors (Lipinski definition) is 2. The van der Waals surface area contributed by atoms with Crippen molar-refractivity contribution in [2.75, 3.05) is 5.73 Å². The first-order valence-electron chi connectivity index (χ1n) is 6.35. The van der Waals surface area contributed by atoms with E-state index in [9.17, 15) is 5.11 Å². The first-order chi connectivity index (χ1) is 9.60. The number of anilines is 1. The number of hydrogen-bond acceptors (Lipinski definition) is 3. The Morgan fingerprint density at radius 1 is 1.30 bits per heavy atom. The molecule has 1 aromatic carbocycles. The summed E-state index contributed by atoms with van der Waals surface area (Å²) in [6.07, 6.45) is 2.80. The molecular weight excluding hydrogens is 274 g/mol. The fourth-order valence-corrected chi connectivity index (χ4v) is 2.51. The summed E-state index contributed by atoms with van der Waals surface area (Å²) in [5.41, 5.74) is 10.0. The summed E-state index contributed by atoms with van der Waals surface area (Å²) < 4.78 is 1.94. The highest BCUT2D eigenvalue weighted by atomic mass is 35.5. The van der Waals surface area contributed by atoms with Crippen molar-refractivity contribution in [3.63, 3.8) is 0 Å². The molecule has 0 aliphatic heterocycles. The number of imidazole rings is 1. The smallest absolute Gasteiger partial charge is 0.160 e. The van der Waals surface area contributed by atoms with Crippen LogP contribution in [0.15, 0.2) is 36.5 Å². The highest BCUT2D eigenvalue weighted by Gasteiger charge is 2.12. The zero-order chi connectivity index (χ0) is 14.3. The zero-order valence-electron chi connectivity index (χ0n) is 11.0. The Kier molecular flexibility index (Phi) is 3.03. The first kappa shape index (κ1) is 12.8. The van der Waals surface area contributed by atoms with Crippen LogP contribution in [0, 0.1) is 0 Å². The second-order valence-corrected chi connectivity index (χ2v) is 5.02. The van der Waals surface area contributed by atoms with Gasteiger partial charge in [0.2, 0.25) is 0 Å². The van der Waals surface area contributed by atoms with Gasteiger partial charge in [0.25, 0.3) is 0 Å². The van der Waals surface area contributed by atoms with E-state index in [1.165, 1.54) is 6.07 Å². The third-order valence-corrected chi connectivity index (χ3v) is 3.60. The zero-order valence-corrected chi connectivity index (χ0v) is 11.7. The SMILES string of the molecule is CCc1cn2c(-c3ccc(O)cc3Cl)ccc(N)c2n1. The molecule has 2 heterocycles. The minimum absolute atomic E-state index is 0.144. The summed E-state index contributed by atoms with van der Waals surface area (Å²) in [7, 11) is 0. The maximum Gasteiger partial charge on any atom is 0.160 e. The van der Waals surface area contributed by atoms with Gasteiger partial charge in [0, 0.05) is 11.8 Å². The van der Waals surface area contributed by atoms with Crippen LogP contribution in [0.1, 0.15) is 12.6 Å². The molecule has 20 heavy (non-hydrogen) atoms. The molecule has 0 atom stereocenters. The molecule has 3 aromatic rings. The number of fused-ring (bicyclic) bond motifs is 1. The van der Waals surface area contributed by atoms with Crippen molar-refractivity contribution < 1.29 is 5.11 Å². The number of rotatable bonds is 2. The standard InChI is InChI=1S/C15H14ClN3O/c1-2-9-8-19-14(6-5-13(17)15(19)18-9)11-4-3-10(20)7-12(11)16/h3-8,20H,2,17H2,1H3. The predicted molar refractivity (Wildman–Crippen MR) is 81.1 cm³/mol. The molecule has 0 radical (unpaired) electrons. The molecule has 4 nitrogen and oxygen atoms in total. The van der Waals surface area contributed by atoms with E-state index in [1.807, 2.05) is 29.7 Å². The normalized spacial score (nSPS) is 11.1. The van der Waals surface area contributed by atoms with E-state index in [1.54, 1.807) is 12.1 Å². The van der Waals surface area contributed by atoms with E-state index in [0.717, 1.165) is 29.0 Å². The summed E-state index contributed by atoms with van der Waals surface area (Å²) in [6.45, 7) is 2.05. The third-order valence-electron chi connectivity index (χ3n) is 3.29. The maximum absolute atomic E-state index is 9.46. The lowest BCUT2D eigenvalue weighted by atomic mass is 10.1. The van der Waals surface area contributed by atoms with Gasteiger partial charge in [0.05, 0.1) is 22.1 Å². The summed E-state index contributed by atoms with van der Waals surface area (Å²) >= 11 is 6.22. The summed E-state index contributed by atoms with van der Waals surface area (Å²) in [6, 6.07) is 8.65. The van der Waals surface area contributed by atoms with E-state index < -0.39 is 0 Å². The van der Waals surface area contributed by atoms with Gasteiger partial charge in [-0.05, 0) is 36.8 Å². The molecule has 3 rings (SSSR count). The van der Waals surface area contributed by atoms with Crippen LogP contribution in [0.3, 0.4) is 0 Å². The number of nitrogens with zero attached hydrogens (tertiary/aromatic N) is 2. The molecule has 0 bridgehead atoms. The Morgan fingerprint density at radius 3 is 2.80 bits per heavy atom. The minimum atomic E-state index is 0.144. The fourth-order valence-electron chi connectivity index (χ4n) is 2.24. The largest absolute Gasteiger partial charge is 0.508 e. The number of aromatic nitrogens is 2. The molecule has 0 amide bonds. The number of phenolic OH excluding ortho intramolecular Hbond substituents is 1. The van der Waals surface area contributed by atoms with E-state index in [-0.39, 0.29) is 5.75 Å². The molecule has 2 aromatic heterocycles. The third kappa shape index (κ3) is 1.98. The van der Waals surface area contributed by atoms with Gasteiger partial charge in [-0.15, -0.1) is 0 Å². The van der Waals surface area contributed by atoms with Crippen LogP contribution in [0.2, 0.25) is 5.02 Å². The van der Waals surface area contributed by atoms with E-state index in [0.29, 0.717) is 10.7 Å². The fraction of sp³-hybridized carbons (Fsp3) is 0.133. The molecule has 0 fully saturated rings. The monoisotopic (exact) mass is 287 g/mol. The Hall–Kier alpha value is -2.20. The second-order valence-electron chi connectivity index (χ2n) is 4.62. The van der Waals surface area contributed by atoms with Crippen molar-refractivity contribution in [1.82, 2.24) is 9.38 Å². The Balaban J connectivity index is 2.30. The van der Waals surface area contributed by atoms with Crippen LogP contribution in [0.4, 0.5) is 5.69 Å². The second kappa shape index (κ2) is 4.72. The van der Waals surface area contributed by atoms with Gasteiger partial charge in [-0.1, -0.05) is 18.5 Å². The van der Waals surface area contributed by atoms with Gasteiger partial charge >= 0.3 is 0 Å². The number of nitrogens with two attached hydrogens (primary N) is 1. The lowest BCUT2D eigenvalue weighted by molar-refractivity contribution is 0.475. The summed E-state index contributed by atoms with van der Waals surface area (Å²) in [5, 5.41) is 9.95. The Bertz CT molecular complexity index is 795. The lowest BCUT2D eigenvalue weighted by Gasteiger charge is -2.09. The Morgan fingerprint density at radius 2 is 2.10 bits per heavy atom. The average Bonchev–Trinajstić information content (AvgIpc) is 2.85. The molecule has 0 saturated heterocycles. The molecule has 0 aliphatic carbocycles. The Labute approximate surface area is 121 Å². The van der Waals surface area contributed by atoms with Crippen molar-refractivity contribution in [3.8, 4) is 17.0 Å². The maximum atomic E-state index is 9.46. The highest BCUT2D eigenvalue weighted by molar-refractivity contribution is 6.33. The van der Waals surface area contributed by atoms with Gasteiger partial charge < -0.3 is 10.8 Å². The van der Waals surface area contributed by atoms with Gasteiger partial charge in [-0.3, -0.25) is 4.40 Å². The van der Waals surface area contributed by atoms with Crippen LogP contribution in [-0.2, 0) is 6.42 Å². The van der Waals surface area contributed by atoms with Crippen molar-refractivity contribution >= 4 is 22.9 Å². The number of benzene rings is 1. The van der Waals surface area contributed by atoms with Crippen LogP contribution in [0.5, 0.6) is 5.75 Å². The van der Waals surface area contributed by atoms with Crippen molar-refractivity contribution in [3.05, 3.63) is 47.2 Å². The van der Waals surface area contributed by atoms with E-state index in [2.05, 4.69) is 4.98 Å². The molecule has 0 aliphatic rings. The summed E-state index contributed by atoms with van der Waals surface area (Å²) in [5.74, 6) is 0.144. The van der Waals surface area contributed by atoms with Crippen LogP contribution >= 0.6 is 11.6 Å².